The highest BCUT2D eigenvalue weighted by Gasteiger charge is 2.29. The van der Waals surface area contributed by atoms with Gasteiger partial charge in [0, 0.05) is 24.3 Å². The van der Waals surface area contributed by atoms with Crippen molar-refractivity contribution in [2.75, 3.05) is 19.3 Å². The summed E-state index contributed by atoms with van der Waals surface area (Å²) in [6, 6.07) is 5.34. The molecule has 19 heavy (non-hydrogen) atoms. The monoisotopic (exact) mass is 263 g/mol. The summed E-state index contributed by atoms with van der Waals surface area (Å²) in [4.78, 5) is 14.3. The van der Waals surface area contributed by atoms with Gasteiger partial charge >= 0.3 is 0 Å². The third-order valence-electron chi connectivity index (χ3n) is 3.66. The van der Waals surface area contributed by atoms with Gasteiger partial charge in [-0.05, 0) is 45.0 Å². The average Bonchev–Trinajstić information content (AvgIpc) is 3.21. The van der Waals surface area contributed by atoms with Crippen molar-refractivity contribution in [2.45, 2.75) is 31.8 Å². The quantitative estimate of drug-likeness (QED) is 0.551. The number of hydrogen-bond donors (Lipinski definition) is 3. The largest absolute Gasteiger partial charge is 0.508 e. The number of aromatic hydroxyl groups is 1. The molecule has 1 aliphatic carbocycles. The number of rotatable bonds is 5. The van der Waals surface area contributed by atoms with Gasteiger partial charge in [0.05, 0.1) is 5.56 Å². The van der Waals surface area contributed by atoms with Gasteiger partial charge in [0.1, 0.15) is 5.75 Å². The van der Waals surface area contributed by atoms with E-state index in [1.165, 1.54) is 31.0 Å². The molecule has 1 aromatic rings. The van der Waals surface area contributed by atoms with Crippen LogP contribution in [0.15, 0.2) is 18.2 Å². The van der Waals surface area contributed by atoms with E-state index in [0.717, 1.165) is 0 Å². The molecule has 0 heterocycles. The van der Waals surface area contributed by atoms with Gasteiger partial charge in [-0.15, -0.1) is 0 Å². The number of nitrogens with zero attached hydrogens (tertiary/aromatic N) is 1. The van der Waals surface area contributed by atoms with E-state index >= 15 is 0 Å². The maximum absolute atomic E-state index is 12.0. The van der Waals surface area contributed by atoms with Crippen LogP contribution in [0.2, 0.25) is 0 Å². The van der Waals surface area contributed by atoms with Crippen LogP contribution in [0.5, 0.6) is 5.75 Å². The zero-order valence-electron chi connectivity index (χ0n) is 11.4. The summed E-state index contributed by atoms with van der Waals surface area (Å²) < 4.78 is 0. The maximum Gasteiger partial charge on any atom is 0.253 e. The normalized spacial score (nSPS) is 16.4. The zero-order valence-corrected chi connectivity index (χ0v) is 11.4. The number of amides is 1. The molecule has 0 saturated heterocycles. The van der Waals surface area contributed by atoms with Crippen LogP contribution in [0.1, 0.15) is 30.1 Å². The van der Waals surface area contributed by atoms with E-state index in [-0.39, 0.29) is 17.7 Å². The number of hydrogen-bond acceptors (Lipinski definition) is 4. The Morgan fingerprint density at radius 2 is 2.26 bits per heavy atom. The molecule has 0 radical (unpaired) electrons. The van der Waals surface area contributed by atoms with E-state index in [0.29, 0.717) is 23.8 Å². The van der Waals surface area contributed by atoms with E-state index in [1.807, 2.05) is 0 Å². The summed E-state index contributed by atoms with van der Waals surface area (Å²) >= 11 is 0. The van der Waals surface area contributed by atoms with Crippen LogP contribution in [0.4, 0.5) is 5.69 Å². The van der Waals surface area contributed by atoms with Crippen LogP contribution in [-0.2, 0) is 0 Å². The molecular weight excluding hydrogens is 242 g/mol. The third-order valence-corrected chi connectivity index (χ3v) is 3.66. The number of phenols is 1. The summed E-state index contributed by atoms with van der Waals surface area (Å²) in [6.45, 7) is 2.66. The lowest BCUT2D eigenvalue weighted by atomic mass is 10.1. The van der Waals surface area contributed by atoms with Crippen LogP contribution < -0.4 is 11.1 Å². The molecule has 1 aromatic carbocycles. The summed E-state index contributed by atoms with van der Waals surface area (Å²) in [7, 11) is 2.08. The Bertz CT molecular complexity index is 472. The van der Waals surface area contributed by atoms with Gasteiger partial charge in [0.25, 0.3) is 5.91 Å². The number of carbonyl (C=O) groups is 1. The highest BCUT2D eigenvalue weighted by Crippen LogP contribution is 2.26. The molecule has 1 saturated carbocycles. The number of anilines is 1. The van der Waals surface area contributed by atoms with Crippen molar-refractivity contribution >= 4 is 11.6 Å². The van der Waals surface area contributed by atoms with Crippen molar-refractivity contribution in [2.24, 2.45) is 0 Å². The molecule has 4 N–H and O–H groups in total. The van der Waals surface area contributed by atoms with E-state index in [4.69, 9.17) is 5.73 Å². The summed E-state index contributed by atoms with van der Waals surface area (Å²) in [6.07, 6.45) is 2.49. The molecule has 0 aromatic heterocycles. The molecule has 2 rings (SSSR count). The molecule has 5 nitrogen and oxygen atoms in total. The minimum Gasteiger partial charge on any atom is -0.508 e. The van der Waals surface area contributed by atoms with Gasteiger partial charge in [-0.1, -0.05) is 0 Å². The molecule has 0 aliphatic heterocycles. The van der Waals surface area contributed by atoms with Gasteiger partial charge in [-0.3, -0.25) is 9.69 Å². The van der Waals surface area contributed by atoms with Crippen LogP contribution in [-0.4, -0.2) is 41.6 Å². The molecule has 0 bridgehead atoms. The minimum atomic E-state index is -0.246. The summed E-state index contributed by atoms with van der Waals surface area (Å²) in [5.74, 6) is -0.202. The summed E-state index contributed by atoms with van der Waals surface area (Å²) in [5.41, 5.74) is 6.43. The number of carbonyl (C=O) groups excluding carboxylic acids is 1. The molecule has 5 heteroatoms. The number of likely N-dealkylation sites (N-methyl/N-ethyl adjacent to an activating group) is 1. The van der Waals surface area contributed by atoms with E-state index in [1.54, 1.807) is 0 Å². The highest BCUT2D eigenvalue weighted by molar-refractivity contribution is 5.99. The molecule has 104 valence electrons. The molecule has 1 aliphatic rings. The first-order valence-electron chi connectivity index (χ1n) is 6.57. The van der Waals surface area contributed by atoms with Crippen LogP contribution >= 0.6 is 0 Å². The zero-order chi connectivity index (χ0) is 14.0. The second kappa shape index (κ2) is 5.48. The fourth-order valence-electron chi connectivity index (χ4n) is 2.06. The SMILES string of the molecule is CC(CNC(=O)c1cc(O)ccc1N)N(C)C1CC1. The Morgan fingerprint density at radius 3 is 2.89 bits per heavy atom. The topological polar surface area (TPSA) is 78.6 Å². The second-order valence-corrected chi connectivity index (χ2v) is 5.23. The van der Waals surface area contributed by atoms with E-state index < -0.39 is 0 Å². The molecule has 1 fully saturated rings. The lowest BCUT2D eigenvalue weighted by Crippen LogP contribution is -2.41. The highest BCUT2D eigenvalue weighted by atomic mass is 16.3. The Hall–Kier alpha value is -1.75. The van der Waals surface area contributed by atoms with Crippen molar-refractivity contribution in [1.29, 1.82) is 0 Å². The number of nitrogens with one attached hydrogen (secondary N) is 1. The fourth-order valence-corrected chi connectivity index (χ4v) is 2.06. The number of nitrogens with two attached hydrogens (primary N) is 1. The van der Waals surface area contributed by atoms with Crippen LogP contribution in [0.25, 0.3) is 0 Å². The first-order valence-corrected chi connectivity index (χ1v) is 6.57. The van der Waals surface area contributed by atoms with Gasteiger partial charge in [0.15, 0.2) is 0 Å². The fraction of sp³-hybridized carbons (Fsp3) is 0.500. The Kier molecular flexibility index (Phi) is 3.95. The minimum absolute atomic E-state index is 0.0440. The van der Waals surface area contributed by atoms with E-state index in [2.05, 4.69) is 24.2 Å². The lowest BCUT2D eigenvalue weighted by Gasteiger charge is -2.24. The Balaban J connectivity index is 1.91. The standard InChI is InChI=1S/C14H21N3O2/c1-9(17(2)10-3-4-10)8-16-14(19)12-7-11(18)5-6-13(12)15/h5-7,9-10,18H,3-4,8,15H2,1-2H3,(H,16,19). The van der Waals surface area contributed by atoms with Gasteiger partial charge in [-0.25, -0.2) is 0 Å². The Labute approximate surface area is 113 Å². The van der Waals surface area contributed by atoms with Crippen molar-refractivity contribution in [3.8, 4) is 5.75 Å². The maximum atomic E-state index is 12.0. The number of phenolic OH excluding ortho intramolecular Hbond substituents is 1. The van der Waals surface area contributed by atoms with Gasteiger partial charge in [0.2, 0.25) is 0 Å². The lowest BCUT2D eigenvalue weighted by molar-refractivity contribution is 0.0940. The number of nitrogen functional groups attached to an aromatic ring is 1. The van der Waals surface area contributed by atoms with Crippen molar-refractivity contribution in [1.82, 2.24) is 10.2 Å². The molecule has 1 unspecified atom stereocenters. The second-order valence-electron chi connectivity index (χ2n) is 5.23. The predicted octanol–water partition coefficient (Wildman–Crippen LogP) is 1.19. The average molecular weight is 263 g/mol. The molecule has 1 atom stereocenters. The smallest absolute Gasteiger partial charge is 0.253 e. The van der Waals surface area contributed by atoms with Gasteiger partial charge < -0.3 is 16.2 Å². The van der Waals surface area contributed by atoms with Crippen molar-refractivity contribution in [3.05, 3.63) is 23.8 Å². The predicted molar refractivity (Wildman–Crippen MR) is 75.1 cm³/mol. The third kappa shape index (κ3) is 3.38. The van der Waals surface area contributed by atoms with Crippen LogP contribution in [0, 0.1) is 0 Å². The molecular formula is C14H21N3O2. The first-order chi connectivity index (χ1) is 8.99. The molecule has 1 amide bonds. The van der Waals surface area contributed by atoms with E-state index in [9.17, 15) is 9.90 Å². The van der Waals surface area contributed by atoms with Crippen molar-refractivity contribution in [3.63, 3.8) is 0 Å². The first kappa shape index (κ1) is 13.7. The van der Waals surface area contributed by atoms with Crippen molar-refractivity contribution < 1.29 is 9.90 Å². The Morgan fingerprint density at radius 1 is 1.58 bits per heavy atom. The van der Waals surface area contributed by atoms with Gasteiger partial charge in [-0.2, -0.15) is 0 Å². The number of benzene rings is 1. The summed E-state index contributed by atoms with van der Waals surface area (Å²) in [5, 5.41) is 12.2. The van der Waals surface area contributed by atoms with Crippen LogP contribution in [0.3, 0.4) is 0 Å². The molecule has 0 spiro atoms.